The van der Waals surface area contributed by atoms with Crippen molar-refractivity contribution in [2.75, 3.05) is 26.4 Å². The molecule has 0 aliphatic carbocycles. The molecule has 16 heavy (non-hydrogen) atoms. The summed E-state index contributed by atoms with van der Waals surface area (Å²) in [5.41, 5.74) is -1.32. The van der Waals surface area contributed by atoms with Gasteiger partial charge in [-0.05, 0) is 0 Å². The lowest BCUT2D eigenvalue weighted by Gasteiger charge is -2.28. The van der Waals surface area contributed by atoms with Gasteiger partial charge in [-0.15, -0.1) is 0 Å². The molecule has 0 saturated carbocycles. The Labute approximate surface area is 95.7 Å². The van der Waals surface area contributed by atoms with E-state index in [0.717, 1.165) is 0 Å². The van der Waals surface area contributed by atoms with Crippen LogP contribution in [0.25, 0.3) is 0 Å². The molecular weight excluding hydrogens is 212 g/mol. The Hall–Kier alpha value is -0.690. The number of hydrogen-bond acceptors (Lipinski definition) is 5. The smallest absolute Gasteiger partial charge is 0.221 e. The van der Waals surface area contributed by atoms with Gasteiger partial charge < -0.3 is 26.0 Å². The molecule has 0 aromatic heterocycles. The lowest BCUT2D eigenvalue weighted by atomic mass is 10.0. The number of carbonyl (C=O) groups is 1. The fourth-order valence-corrected chi connectivity index (χ4v) is 1.10. The van der Waals surface area contributed by atoms with Gasteiger partial charge in [-0.2, -0.15) is 0 Å². The van der Waals surface area contributed by atoms with Crippen molar-refractivity contribution < 1.29 is 20.1 Å². The minimum atomic E-state index is -1.32. The second-order valence-electron chi connectivity index (χ2n) is 4.16. The molecule has 6 nitrogen and oxygen atoms in total. The first-order chi connectivity index (χ1) is 7.49. The summed E-state index contributed by atoms with van der Waals surface area (Å²) in [6, 6.07) is 0.297. The van der Waals surface area contributed by atoms with Crippen LogP contribution in [0.4, 0.5) is 0 Å². The van der Waals surface area contributed by atoms with Gasteiger partial charge in [0.1, 0.15) is 5.54 Å². The fourth-order valence-electron chi connectivity index (χ4n) is 1.10. The van der Waals surface area contributed by atoms with E-state index in [2.05, 4.69) is 10.6 Å². The fraction of sp³-hybridized carbons (Fsp3) is 0.900. The SMILES string of the molecule is CC(C)NCCC(=O)NC(CO)(CO)CO. The minimum absolute atomic E-state index is 0.236. The Morgan fingerprint density at radius 1 is 1.19 bits per heavy atom. The highest BCUT2D eigenvalue weighted by Gasteiger charge is 2.29. The van der Waals surface area contributed by atoms with Crippen molar-refractivity contribution in [3.63, 3.8) is 0 Å². The summed E-state index contributed by atoms with van der Waals surface area (Å²) in [6.45, 7) is 2.96. The number of rotatable bonds is 8. The van der Waals surface area contributed by atoms with E-state index < -0.39 is 25.4 Å². The highest BCUT2D eigenvalue weighted by molar-refractivity contribution is 5.77. The van der Waals surface area contributed by atoms with Crippen LogP contribution in [0.5, 0.6) is 0 Å². The molecule has 0 aliphatic heterocycles. The van der Waals surface area contributed by atoms with Crippen molar-refractivity contribution in [1.29, 1.82) is 0 Å². The molecule has 0 rings (SSSR count). The summed E-state index contributed by atoms with van der Waals surface area (Å²) in [5.74, 6) is -0.315. The Bertz CT molecular complexity index is 197. The quantitative estimate of drug-likeness (QED) is 0.341. The number of aliphatic hydroxyl groups excluding tert-OH is 3. The van der Waals surface area contributed by atoms with Crippen LogP contribution in [0.3, 0.4) is 0 Å². The molecule has 6 heteroatoms. The summed E-state index contributed by atoms with van der Waals surface area (Å²) in [6.07, 6.45) is 0.236. The Kier molecular flexibility index (Phi) is 7.24. The molecule has 0 aromatic carbocycles. The van der Waals surface area contributed by atoms with Crippen molar-refractivity contribution in [1.82, 2.24) is 10.6 Å². The van der Waals surface area contributed by atoms with Gasteiger partial charge in [0.05, 0.1) is 19.8 Å². The Morgan fingerprint density at radius 3 is 2.06 bits per heavy atom. The number of hydrogen-bond donors (Lipinski definition) is 5. The maximum atomic E-state index is 11.4. The summed E-state index contributed by atoms with van der Waals surface area (Å²) >= 11 is 0. The molecule has 0 atom stereocenters. The number of aliphatic hydroxyl groups is 3. The van der Waals surface area contributed by atoms with Crippen molar-refractivity contribution in [3.05, 3.63) is 0 Å². The van der Waals surface area contributed by atoms with Crippen LogP contribution in [-0.4, -0.2) is 59.2 Å². The van der Waals surface area contributed by atoms with Gasteiger partial charge in [-0.3, -0.25) is 4.79 Å². The maximum Gasteiger partial charge on any atom is 0.221 e. The third-order valence-electron chi connectivity index (χ3n) is 2.22. The van der Waals surface area contributed by atoms with E-state index >= 15 is 0 Å². The van der Waals surface area contributed by atoms with Crippen molar-refractivity contribution in [2.45, 2.75) is 31.8 Å². The molecule has 0 saturated heterocycles. The molecule has 0 spiro atoms. The number of nitrogens with one attached hydrogen (secondary N) is 2. The molecular formula is C10H22N2O4. The zero-order chi connectivity index (χ0) is 12.6. The molecule has 0 heterocycles. The molecule has 0 aromatic rings. The van der Waals surface area contributed by atoms with Crippen LogP contribution in [-0.2, 0) is 4.79 Å². The first-order valence-corrected chi connectivity index (χ1v) is 5.36. The van der Waals surface area contributed by atoms with Crippen LogP contribution >= 0.6 is 0 Å². The van der Waals surface area contributed by atoms with Crippen molar-refractivity contribution in [2.24, 2.45) is 0 Å². The highest BCUT2D eigenvalue weighted by atomic mass is 16.3. The van der Waals surface area contributed by atoms with Gasteiger partial charge >= 0.3 is 0 Å². The standard InChI is InChI=1S/C10H22N2O4/c1-8(2)11-4-3-9(16)12-10(5-13,6-14)7-15/h8,11,13-15H,3-7H2,1-2H3,(H,12,16). The zero-order valence-corrected chi connectivity index (χ0v) is 9.86. The third-order valence-corrected chi connectivity index (χ3v) is 2.22. The van der Waals surface area contributed by atoms with Crippen LogP contribution in [0, 0.1) is 0 Å². The molecule has 0 radical (unpaired) electrons. The van der Waals surface area contributed by atoms with Gasteiger partial charge in [0.25, 0.3) is 0 Å². The minimum Gasteiger partial charge on any atom is -0.394 e. The largest absolute Gasteiger partial charge is 0.394 e. The number of carbonyl (C=O) groups excluding carboxylic acids is 1. The van der Waals surface area contributed by atoms with Gasteiger partial charge in [0, 0.05) is 19.0 Å². The van der Waals surface area contributed by atoms with Gasteiger partial charge in [0.15, 0.2) is 0 Å². The van der Waals surface area contributed by atoms with E-state index in [9.17, 15) is 4.79 Å². The molecule has 96 valence electrons. The first kappa shape index (κ1) is 15.3. The summed E-state index contributed by atoms with van der Waals surface area (Å²) in [5, 5.41) is 32.5. The monoisotopic (exact) mass is 234 g/mol. The number of amides is 1. The summed E-state index contributed by atoms with van der Waals surface area (Å²) < 4.78 is 0. The maximum absolute atomic E-state index is 11.4. The zero-order valence-electron chi connectivity index (χ0n) is 9.86. The molecule has 1 amide bonds. The van der Waals surface area contributed by atoms with Crippen molar-refractivity contribution >= 4 is 5.91 Å². The van der Waals surface area contributed by atoms with Crippen LogP contribution in [0.15, 0.2) is 0 Å². The predicted octanol–water partition coefficient (Wildman–Crippen LogP) is -1.79. The summed E-state index contributed by atoms with van der Waals surface area (Å²) in [7, 11) is 0. The predicted molar refractivity (Wildman–Crippen MR) is 59.9 cm³/mol. The average Bonchev–Trinajstić information content (AvgIpc) is 2.25. The van der Waals surface area contributed by atoms with Crippen LogP contribution < -0.4 is 10.6 Å². The molecule has 0 bridgehead atoms. The van der Waals surface area contributed by atoms with Crippen LogP contribution in [0.1, 0.15) is 20.3 Å². The topological polar surface area (TPSA) is 102 Å². The summed E-state index contributed by atoms with van der Waals surface area (Å²) in [4.78, 5) is 11.4. The van der Waals surface area contributed by atoms with Gasteiger partial charge in [-0.1, -0.05) is 13.8 Å². The lowest BCUT2D eigenvalue weighted by molar-refractivity contribution is -0.125. The molecule has 0 aliphatic rings. The van der Waals surface area contributed by atoms with Gasteiger partial charge in [-0.25, -0.2) is 0 Å². The third kappa shape index (κ3) is 5.41. The van der Waals surface area contributed by atoms with Crippen LogP contribution in [0.2, 0.25) is 0 Å². The normalized spacial score (nSPS) is 11.9. The van der Waals surface area contributed by atoms with E-state index in [-0.39, 0.29) is 12.3 Å². The molecule has 0 unspecified atom stereocenters. The Morgan fingerprint density at radius 2 is 1.69 bits per heavy atom. The molecule has 5 N–H and O–H groups in total. The Balaban J connectivity index is 4.01. The van der Waals surface area contributed by atoms with E-state index in [1.54, 1.807) is 0 Å². The van der Waals surface area contributed by atoms with Crippen molar-refractivity contribution in [3.8, 4) is 0 Å². The van der Waals surface area contributed by atoms with E-state index in [1.807, 2.05) is 13.8 Å². The first-order valence-electron chi connectivity index (χ1n) is 5.36. The van der Waals surface area contributed by atoms with E-state index in [0.29, 0.717) is 12.6 Å². The highest BCUT2D eigenvalue weighted by Crippen LogP contribution is 2.01. The van der Waals surface area contributed by atoms with E-state index in [4.69, 9.17) is 15.3 Å². The lowest BCUT2D eigenvalue weighted by Crippen LogP contribution is -2.57. The van der Waals surface area contributed by atoms with E-state index in [1.165, 1.54) is 0 Å². The second kappa shape index (κ2) is 7.56. The average molecular weight is 234 g/mol. The van der Waals surface area contributed by atoms with Gasteiger partial charge in [0.2, 0.25) is 5.91 Å². The second-order valence-corrected chi connectivity index (χ2v) is 4.16. The molecule has 0 fully saturated rings.